The zero-order chi connectivity index (χ0) is 24.0. The first-order valence-corrected chi connectivity index (χ1v) is 12.9. The van der Waals surface area contributed by atoms with Gasteiger partial charge in [-0.15, -0.1) is 0 Å². The molecule has 3 fully saturated rings. The predicted molar refractivity (Wildman–Crippen MR) is 129 cm³/mol. The summed E-state index contributed by atoms with van der Waals surface area (Å²) < 4.78 is 0. The van der Waals surface area contributed by atoms with Crippen molar-refractivity contribution in [3.8, 4) is 0 Å². The topological polar surface area (TPSA) is 108 Å². The minimum atomic E-state index is -1.12. The Balaban J connectivity index is 1.41. The Hall–Kier alpha value is -1.54. The van der Waals surface area contributed by atoms with E-state index in [1.165, 1.54) is 18.4 Å². The number of fused-ring (bicyclic) bond motifs is 5. The zero-order valence-electron chi connectivity index (χ0n) is 20.0. The normalized spacial score (nSPS) is 41.9. The fraction of sp³-hybridized carbons (Fsp3) is 0.800. The summed E-state index contributed by atoms with van der Waals surface area (Å²) in [6.45, 7) is 6.47. The number of thiol groups is 1. The molecule has 33 heavy (non-hydrogen) atoms. The van der Waals surface area contributed by atoms with Crippen LogP contribution >= 0.6 is 12.6 Å². The van der Waals surface area contributed by atoms with Gasteiger partial charge in [-0.05, 0) is 93.0 Å². The maximum Gasteiger partial charge on any atom is 0.327 e. The van der Waals surface area contributed by atoms with E-state index in [1.807, 2.05) is 6.92 Å². The third kappa shape index (κ3) is 4.22. The number of allylic oxidation sites excluding steroid dienone is 2. The van der Waals surface area contributed by atoms with Gasteiger partial charge in [-0.2, -0.15) is 12.6 Å². The standard InChI is InChI=1S/C25H38N2O5S/c1-23-9-6-16(27-32-13-21(28)26-20(14-33)22(29)30)12-15(23)4-5-17-18(23)7-10-24(2)19(17)8-11-25(24,3)31/h12,17-20,31,33H,4-11,13-14H2,1-3H3,(H,26,28)(H,29,30)/b27-16-/t17-,18+,19+,20+,23+,24+,25+/m1/s1. The molecule has 4 rings (SSSR count). The lowest BCUT2D eigenvalue weighted by atomic mass is 9.46. The summed E-state index contributed by atoms with van der Waals surface area (Å²) in [4.78, 5) is 28.2. The second kappa shape index (κ2) is 8.91. The molecule has 3 N–H and O–H groups in total. The number of oxime groups is 1. The molecule has 3 saturated carbocycles. The highest BCUT2D eigenvalue weighted by Gasteiger charge is 2.62. The second-order valence-electron chi connectivity index (χ2n) is 11.3. The summed E-state index contributed by atoms with van der Waals surface area (Å²) in [5, 5.41) is 26.6. The lowest BCUT2D eigenvalue weighted by molar-refractivity contribution is -0.141. The Labute approximate surface area is 201 Å². The average Bonchev–Trinajstić information content (AvgIpc) is 3.01. The van der Waals surface area contributed by atoms with E-state index in [1.54, 1.807) is 0 Å². The van der Waals surface area contributed by atoms with Gasteiger partial charge in [0.15, 0.2) is 6.61 Å². The second-order valence-corrected chi connectivity index (χ2v) is 11.6. The molecule has 8 heteroatoms. The van der Waals surface area contributed by atoms with Gasteiger partial charge in [0.25, 0.3) is 5.91 Å². The molecule has 7 nitrogen and oxygen atoms in total. The van der Waals surface area contributed by atoms with Crippen molar-refractivity contribution < 1.29 is 24.6 Å². The molecular weight excluding hydrogens is 440 g/mol. The van der Waals surface area contributed by atoms with Crippen molar-refractivity contribution in [2.45, 2.75) is 83.8 Å². The molecule has 0 aliphatic heterocycles. The Morgan fingerprint density at radius 1 is 1.18 bits per heavy atom. The largest absolute Gasteiger partial charge is 0.480 e. The molecule has 184 valence electrons. The number of hydrogen-bond acceptors (Lipinski definition) is 6. The van der Waals surface area contributed by atoms with Crippen LogP contribution in [0, 0.1) is 28.6 Å². The van der Waals surface area contributed by atoms with E-state index in [9.17, 15) is 14.7 Å². The van der Waals surface area contributed by atoms with Crippen LogP contribution in [0.3, 0.4) is 0 Å². The van der Waals surface area contributed by atoms with E-state index in [0.29, 0.717) is 17.8 Å². The van der Waals surface area contributed by atoms with E-state index in [0.717, 1.165) is 44.2 Å². The smallest absolute Gasteiger partial charge is 0.327 e. The van der Waals surface area contributed by atoms with Crippen LogP contribution < -0.4 is 5.32 Å². The quantitative estimate of drug-likeness (QED) is 0.345. The Morgan fingerprint density at radius 3 is 2.61 bits per heavy atom. The molecule has 0 spiro atoms. The number of amides is 1. The van der Waals surface area contributed by atoms with Crippen molar-refractivity contribution >= 4 is 30.2 Å². The minimum absolute atomic E-state index is 0.0139. The molecule has 0 bridgehead atoms. The van der Waals surface area contributed by atoms with Crippen LogP contribution in [0.15, 0.2) is 16.8 Å². The van der Waals surface area contributed by atoms with Gasteiger partial charge in [-0.25, -0.2) is 4.79 Å². The van der Waals surface area contributed by atoms with Gasteiger partial charge in [0.05, 0.1) is 11.3 Å². The number of aliphatic carboxylic acids is 1. The number of nitrogens with one attached hydrogen (secondary N) is 1. The van der Waals surface area contributed by atoms with Crippen molar-refractivity contribution in [1.29, 1.82) is 0 Å². The van der Waals surface area contributed by atoms with E-state index < -0.39 is 23.5 Å². The lowest BCUT2D eigenvalue weighted by Gasteiger charge is -2.59. The third-order valence-electron chi connectivity index (χ3n) is 9.73. The Kier molecular flexibility index (Phi) is 6.64. The maximum absolute atomic E-state index is 11.9. The molecule has 0 heterocycles. The SMILES string of the molecule is C[C@]12CC/C(=N/OCC(=O)N[C@@H](CS)C(=O)O)C=C1CC[C@@H]1[C@@H]2CC[C@@]2(C)[C@H]1CC[C@]2(C)O. The van der Waals surface area contributed by atoms with Crippen molar-refractivity contribution in [2.24, 2.45) is 33.7 Å². The molecule has 4 aliphatic rings. The highest BCUT2D eigenvalue weighted by atomic mass is 32.1. The summed E-state index contributed by atoms with van der Waals surface area (Å²) in [6.07, 6.45) is 10.5. The fourth-order valence-corrected chi connectivity index (χ4v) is 7.73. The summed E-state index contributed by atoms with van der Waals surface area (Å²) in [6, 6.07) is -1.04. The number of carbonyl (C=O) groups is 2. The van der Waals surface area contributed by atoms with E-state index in [2.05, 4.69) is 43.0 Å². The number of rotatable bonds is 6. The maximum atomic E-state index is 11.9. The van der Waals surface area contributed by atoms with Crippen molar-refractivity contribution in [3.05, 3.63) is 11.6 Å². The van der Waals surface area contributed by atoms with Gasteiger partial charge in [-0.1, -0.05) is 24.6 Å². The monoisotopic (exact) mass is 478 g/mol. The van der Waals surface area contributed by atoms with Gasteiger partial charge in [0.2, 0.25) is 0 Å². The molecule has 0 saturated heterocycles. The number of carboxylic acid groups (broad SMARTS) is 1. The van der Waals surface area contributed by atoms with Crippen LogP contribution in [-0.2, 0) is 14.4 Å². The number of hydrogen-bond donors (Lipinski definition) is 4. The van der Waals surface area contributed by atoms with E-state index in [-0.39, 0.29) is 23.2 Å². The number of carboxylic acids is 1. The third-order valence-corrected chi connectivity index (χ3v) is 10.1. The molecule has 7 atom stereocenters. The molecule has 4 aliphatic carbocycles. The number of carbonyl (C=O) groups excluding carboxylic acids is 1. The Morgan fingerprint density at radius 2 is 1.91 bits per heavy atom. The van der Waals surface area contributed by atoms with Crippen LogP contribution in [0.4, 0.5) is 0 Å². The van der Waals surface area contributed by atoms with Crippen LogP contribution in [0.5, 0.6) is 0 Å². The molecule has 0 aromatic carbocycles. The first-order valence-electron chi connectivity index (χ1n) is 12.3. The van der Waals surface area contributed by atoms with E-state index >= 15 is 0 Å². The summed E-state index contributed by atoms with van der Waals surface area (Å²) in [7, 11) is 0. The van der Waals surface area contributed by atoms with Crippen molar-refractivity contribution in [1.82, 2.24) is 5.32 Å². The van der Waals surface area contributed by atoms with Crippen molar-refractivity contribution in [2.75, 3.05) is 12.4 Å². The zero-order valence-corrected chi connectivity index (χ0v) is 20.9. The van der Waals surface area contributed by atoms with Crippen LogP contribution in [-0.4, -0.2) is 51.8 Å². The fourth-order valence-electron chi connectivity index (χ4n) is 7.48. The molecule has 0 radical (unpaired) electrons. The summed E-state index contributed by atoms with van der Waals surface area (Å²) >= 11 is 3.94. The van der Waals surface area contributed by atoms with Crippen molar-refractivity contribution in [3.63, 3.8) is 0 Å². The van der Waals surface area contributed by atoms with Crippen LogP contribution in [0.25, 0.3) is 0 Å². The minimum Gasteiger partial charge on any atom is -0.480 e. The van der Waals surface area contributed by atoms with Gasteiger partial charge in [0.1, 0.15) is 6.04 Å². The molecule has 0 aromatic rings. The number of aliphatic hydroxyl groups is 1. The average molecular weight is 479 g/mol. The highest BCUT2D eigenvalue weighted by molar-refractivity contribution is 7.80. The van der Waals surface area contributed by atoms with Gasteiger partial charge >= 0.3 is 5.97 Å². The van der Waals surface area contributed by atoms with Gasteiger partial charge in [0, 0.05) is 5.75 Å². The van der Waals surface area contributed by atoms with Gasteiger partial charge in [-0.3, -0.25) is 4.79 Å². The molecule has 1 amide bonds. The van der Waals surface area contributed by atoms with Gasteiger partial charge < -0.3 is 20.4 Å². The molecule has 0 aromatic heterocycles. The first kappa shape index (κ1) is 24.6. The predicted octanol–water partition coefficient (Wildman–Crippen LogP) is 3.57. The summed E-state index contributed by atoms with van der Waals surface area (Å²) in [5.41, 5.74) is 1.94. The molecular formula is C25H38N2O5S. The highest BCUT2D eigenvalue weighted by Crippen LogP contribution is 2.67. The van der Waals surface area contributed by atoms with E-state index in [4.69, 9.17) is 9.94 Å². The lowest BCUT2D eigenvalue weighted by Crippen LogP contribution is -2.53. The first-order chi connectivity index (χ1) is 15.5. The molecule has 0 unspecified atom stereocenters. The van der Waals surface area contributed by atoms with Crippen LogP contribution in [0.1, 0.15) is 72.1 Å². The van der Waals surface area contributed by atoms with Crippen LogP contribution in [0.2, 0.25) is 0 Å². The summed E-state index contributed by atoms with van der Waals surface area (Å²) in [5.74, 6) is 0.292. The number of nitrogens with zero attached hydrogens (tertiary/aromatic N) is 1. The Bertz CT molecular complexity index is 871.